The van der Waals surface area contributed by atoms with E-state index in [1.54, 1.807) is 24.3 Å². The van der Waals surface area contributed by atoms with Gasteiger partial charge in [0.15, 0.2) is 0 Å². The lowest BCUT2D eigenvalue weighted by atomic mass is 9.90. The van der Waals surface area contributed by atoms with Gasteiger partial charge < -0.3 is 15.3 Å². The van der Waals surface area contributed by atoms with Crippen LogP contribution >= 0.6 is 0 Å². The molecule has 0 aliphatic heterocycles. The zero-order valence-electron chi connectivity index (χ0n) is 12.5. The molecule has 0 radical (unpaired) electrons. The number of aliphatic hydroxyl groups is 2. The molecular weight excluding hydrogens is 288 g/mol. The Morgan fingerprint density at radius 1 is 0.565 bits per heavy atom. The highest BCUT2D eigenvalue weighted by Crippen LogP contribution is 2.37. The van der Waals surface area contributed by atoms with Gasteiger partial charge in [-0.15, -0.1) is 0 Å². The van der Waals surface area contributed by atoms with Crippen molar-refractivity contribution in [2.75, 3.05) is 0 Å². The van der Waals surface area contributed by atoms with E-state index in [4.69, 9.17) is 0 Å². The largest absolute Gasteiger partial charge is 0.508 e. The van der Waals surface area contributed by atoms with E-state index < -0.39 is 12.2 Å². The fourth-order valence-electron chi connectivity index (χ4n) is 2.72. The van der Waals surface area contributed by atoms with Gasteiger partial charge in [0.1, 0.15) is 18.0 Å². The smallest absolute Gasteiger partial charge is 0.122 e. The third-order valence-electron chi connectivity index (χ3n) is 3.92. The average Bonchev–Trinajstić information content (AvgIpc) is 2.62. The van der Waals surface area contributed by atoms with Gasteiger partial charge in [-0.1, -0.05) is 72.8 Å². The summed E-state index contributed by atoms with van der Waals surface area (Å²) in [4.78, 5) is 0. The van der Waals surface area contributed by atoms with Crippen LogP contribution in [0, 0.1) is 0 Å². The van der Waals surface area contributed by atoms with E-state index in [9.17, 15) is 15.3 Å². The Morgan fingerprint density at radius 3 is 1.65 bits per heavy atom. The van der Waals surface area contributed by atoms with E-state index in [0.717, 1.165) is 0 Å². The lowest BCUT2D eigenvalue weighted by Gasteiger charge is -2.21. The summed E-state index contributed by atoms with van der Waals surface area (Å²) in [5.41, 5.74) is 2.19. The zero-order valence-corrected chi connectivity index (χ0v) is 12.5. The molecule has 0 aliphatic rings. The Labute approximate surface area is 135 Å². The van der Waals surface area contributed by atoms with Gasteiger partial charge in [0.25, 0.3) is 0 Å². The Bertz CT molecular complexity index is 769. The van der Waals surface area contributed by atoms with Gasteiger partial charge in [-0.25, -0.2) is 0 Å². The van der Waals surface area contributed by atoms with Gasteiger partial charge in [0, 0.05) is 5.56 Å². The van der Waals surface area contributed by atoms with Crippen molar-refractivity contribution >= 4 is 0 Å². The minimum atomic E-state index is -1.01. The van der Waals surface area contributed by atoms with Gasteiger partial charge in [0.2, 0.25) is 0 Å². The molecule has 3 heteroatoms. The molecule has 2 unspecified atom stereocenters. The first-order chi connectivity index (χ1) is 11.2. The molecule has 3 rings (SSSR count). The van der Waals surface area contributed by atoms with Gasteiger partial charge >= 0.3 is 0 Å². The molecule has 3 N–H and O–H groups in total. The lowest BCUT2D eigenvalue weighted by molar-refractivity contribution is 0.193. The molecule has 3 nitrogen and oxygen atoms in total. The number of rotatable bonds is 4. The quantitative estimate of drug-likeness (QED) is 0.691. The Hall–Kier alpha value is -2.62. The summed E-state index contributed by atoms with van der Waals surface area (Å²) >= 11 is 0. The standard InChI is InChI=1S/C20H18O3/c21-17-13-7-12-16(19(22)14-8-3-1-4-9-14)18(17)20(23)15-10-5-2-6-11-15/h1-13,19-23H. The molecule has 0 saturated carbocycles. The second kappa shape index (κ2) is 6.65. The molecule has 0 fully saturated rings. The van der Waals surface area contributed by atoms with Crippen LogP contribution in [0.1, 0.15) is 34.5 Å². The maximum atomic E-state index is 10.7. The summed E-state index contributed by atoms with van der Waals surface area (Å²) in [6, 6.07) is 23.2. The molecule has 0 spiro atoms. The zero-order chi connectivity index (χ0) is 16.2. The van der Waals surface area contributed by atoms with E-state index in [2.05, 4.69) is 0 Å². The summed E-state index contributed by atoms with van der Waals surface area (Å²) in [6.45, 7) is 0. The monoisotopic (exact) mass is 306 g/mol. The first-order valence-electron chi connectivity index (χ1n) is 7.46. The molecule has 116 valence electrons. The third kappa shape index (κ3) is 3.11. The Balaban J connectivity index is 2.07. The van der Waals surface area contributed by atoms with Gasteiger partial charge in [-0.2, -0.15) is 0 Å². The van der Waals surface area contributed by atoms with Crippen LogP contribution < -0.4 is 0 Å². The topological polar surface area (TPSA) is 60.7 Å². The average molecular weight is 306 g/mol. The van der Waals surface area contributed by atoms with Crippen molar-refractivity contribution in [2.45, 2.75) is 12.2 Å². The SMILES string of the molecule is Oc1cccc(C(O)c2ccccc2)c1C(O)c1ccccc1. The fourth-order valence-corrected chi connectivity index (χ4v) is 2.72. The van der Waals surface area contributed by atoms with Crippen molar-refractivity contribution in [3.05, 3.63) is 101 Å². The second-order valence-corrected chi connectivity index (χ2v) is 5.41. The van der Waals surface area contributed by atoms with E-state index in [1.165, 1.54) is 6.07 Å². The van der Waals surface area contributed by atoms with E-state index in [-0.39, 0.29) is 5.75 Å². The maximum Gasteiger partial charge on any atom is 0.122 e. The molecule has 0 heterocycles. The predicted molar refractivity (Wildman–Crippen MR) is 89.1 cm³/mol. The van der Waals surface area contributed by atoms with E-state index >= 15 is 0 Å². The molecular formula is C20H18O3. The maximum absolute atomic E-state index is 10.7. The van der Waals surface area contributed by atoms with Crippen molar-refractivity contribution in [2.24, 2.45) is 0 Å². The van der Waals surface area contributed by atoms with Gasteiger partial charge in [0.05, 0.1) is 0 Å². The Kier molecular flexibility index (Phi) is 4.42. The molecule has 0 aromatic heterocycles. The molecule has 0 aliphatic carbocycles. The van der Waals surface area contributed by atoms with Crippen LogP contribution in [0.15, 0.2) is 78.9 Å². The number of phenols is 1. The number of aliphatic hydroxyl groups excluding tert-OH is 2. The second-order valence-electron chi connectivity index (χ2n) is 5.41. The minimum Gasteiger partial charge on any atom is -0.508 e. The van der Waals surface area contributed by atoms with Crippen molar-refractivity contribution in [1.82, 2.24) is 0 Å². The van der Waals surface area contributed by atoms with Crippen LogP contribution in [0.4, 0.5) is 0 Å². The number of aromatic hydroxyl groups is 1. The molecule has 0 amide bonds. The van der Waals surface area contributed by atoms with Crippen LogP contribution in [-0.4, -0.2) is 15.3 Å². The van der Waals surface area contributed by atoms with E-state index in [0.29, 0.717) is 22.3 Å². The minimum absolute atomic E-state index is 0.0335. The molecule has 3 aromatic rings. The lowest BCUT2D eigenvalue weighted by Crippen LogP contribution is -2.09. The highest BCUT2D eigenvalue weighted by atomic mass is 16.3. The van der Waals surface area contributed by atoms with Gasteiger partial charge in [-0.3, -0.25) is 0 Å². The molecule has 2 atom stereocenters. The first kappa shape index (κ1) is 15.3. The van der Waals surface area contributed by atoms with Crippen LogP contribution in [0.3, 0.4) is 0 Å². The Morgan fingerprint density at radius 2 is 1.09 bits per heavy atom. The highest BCUT2D eigenvalue weighted by Gasteiger charge is 2.23. The molecule has 3 aromatic carbocycles. The van der Waals surface area contributed by atoms with Crippen molar-refractivity contribution in [1.29, 1.82) is 0 Å². The summed E-state index contributed by atoms with van der Waals surface area (Å²) in [7, 11) is 0. The van der Waals surface area contributed by atoms with Crippen LogP contribution in [0.2, 0.25) is 0 Å². The molecule has 23 heavy (non-hydrogen) atoms. The normalized spacial score (nSPS) is 13.5. The summed E-state index contributed by atoms with van der Waals surface area (Å²) < 4.78 is 0. The van der Waals surface area contributed by atoms with Gasteiger partial charge in [-0.05, 0) is 22.8 Å². The summed E-state index contributed by atoms with van der Waals surface area (Å²) in [6.07, 6.45) is -1.93. The van der Waals surface area contributed by atoms with Crippen LogP contribution in [0.25, 0.3) is 0 Å². The van der Waals surface area contributed by atoms with Crippen molar-refractivity contribution in [3.63, 3.8) is 0 Å². The summed E-state index contributed by atoms with van der Waals surface area (Å²) in [5.74, 6) is -0.0335. The molecule has 0 saturated heterocycles. The number of hydrogen-bond donors (Lipinski definition) is 3. The fraction of sp³-hybridized carbons (Fsp3) is 0.100. The number of hydrogen-bond acceptors (Lipinski definition) is 3. The highest BCUT2D eigenvalue weighted by molar-refractivity contribution is 5.48. The van der Waals surface area contributed by atoms with Crippen LogP contribution in [0.5, 0.6) is 5.75 Å². The number of benzene rings is 3. The predicted octanol–water partition coefficient (Wildman–Crippen LogP) is 3.56. The third-order valence-corrected chi connectivity index (χ3v) is 3.92. The first-order valence-corrected chi connectivity index (χ1v) is 7.46. The number of phenolic OH excluding ortho intramolecular Hbond substituents is 1. The molecule has 0 bridgehead atoms. The van der Waals surface area contributed by atoms with Crippen molar-refractivity contribution < 1.29 is 15.3 Å². The summed E-state index contributed by atoms with van der Waals surface area (Å²) in [5, 5.41) is 31.6. The van der Waals surface area contributed by atoms with Crippen LogP contribution in [-0.2, 0) is 0 Å². The van der Waals surface area contributed by atoms with E-state index in [1.807, 2.05) is 48.5 Å². The van der Waals surface area contributed by atoms with Crippen molar-refractivity contribution in [3.8, 4) is 5.75 Å².